The molecule has 3 nitrogen and oxygen atoms in total. The summed E-state index contributed by atoms with van der Waals surface area (Å²) >= 11 is 0. The van der Waals surface area contributed by atoms with E-state index in [2.05, 4.69) is 9.62 Å². The Morgan fingerprint density at radius 2 is 2.33 bits per heavy atom. The third-order valence-electron chi connectivity index (χ3n) is 0.336. The molecule has 0 fully saturated rings. The van der Waals surface area contributed by atoms with Crippen LogP contribution in [0.15, 0.2) is 0 Å². The lowest BCUT2D eigenvalue weighted by atomic mass is 10.9. The highest BCUT2D eigenvalue weighted by atomic mass is 17.1. The molecule has 0 aromatic rings. The zero-order valence-electron chi connectivity index (χ0n) is 3.64. The Morgan fingerprint density at radius 1 is 1.67 bits per heavy atom. The van der Waals surface area contributed by atoms with E-state index in [1.807, 2.05) is 0 Å². The van der Waals surface area contributed by atoms with Crippen molar-refractivity contribution in [3.8, 4) is 0 Å². The van der Waals surface area contributed by atoms with Gasteiger partial charge in [0.25, 0.3) is 0 Å². The maximum Gasteiger partial charge on any atom is 0.183 e. The number of ether oxygens (including phenoxy) is 1. The molecule has 0 atom stereocenters. The predicted molar refractivity (Wildman–Crippen MR) is 18.3 cm³/mol. The normalized spacial score (nSPS) is 9.00. The zero-order valence-corrected chi connectivity index (χ0v) is 3.64. The third-order valence-corrected chi connectivity index (χ3v) is 0.336. The van der Waals surface area contributed by atoms with Gasteiger partial charge in [0.2, 0.25) is 0 Å². The van der Waals surface area contributed by atoms with Crippen LogP contribution in [0.2, 0.25) is 0 Å². The van der Waals surface area contributed by atoms with Gasteiger partial charge in [0.05, 0.1) is 0 Å². The molecular weight excluding hydrogens is 84.0 g/mol. The quantitative estimate of drug-likeness (QED) is 0.217. The summed E-state index contributed by atoms with van der Waals surface area (Å²) in [7, 11) is 0. The van der Waals surface area contributed by atoms with E-state index in [1.54, 1.807) is 6.92 Å². The van der Waals surface area contributed by atoms with Crippen molar-refractivity contribution in [2.24, 2.45) is 0 Å². The molecule has 0 bridgehead atoms. The monoisotopic (exact) mass is 91.0 g/mol. The Hall–Kier alpha value is -0.120. The smallest absolute Gasteiger partial charge is 0.183 e. The van der Waals surface area contributed by atoms with Gasteiger partial charge in [0.15, 0.2) is 6.79 Å². The molecule has 6 heavy (non-hydrogen) atoms. The standard InChI is InChI=1S/C3H7O3/c1-2-5-3-6-4/h2-3H2,1H3. The fourth-order valence-electron chi connectivity index (χ4n) is 0.117. The molecule has 1 radical (unpaired) electrons. The summed E-state index contributed by atoms with van der Waals surface area (Å²) in [5.74, 6) is 0. The lowest BCUT2D eigenvalue weighted by Gasteiger charge is -1.89. The van der Waals surface area contributed by atoms with Crippen LogP contribution >= 0.6 is 0 Å². The summed E-state index contributed by atoms with van der Waals surface area (Å²) in [6.07, 6.45) is 0. The lowest BCUT2D eigenvalue weighted by molar-refractivity contribution is -0.346. The largest absolute Gasteiger partial charge is 0.352 e. The first kappa shape index (κ1) is 5.88. The zero-order chi connectivity index (χ0) is 4.83. The first-order chi connectivity index (χ1) is 2.91. The molecule has 0 aliphatic heterocycles. The van der Waals surface area contributed by atoms with Gasteiger partial charge in [0.1, 0.15) is 0 Å². The van der Waals surface area contributed by atoms with E-state index < -0.39 is 0 Å². The average molecular weight is 91.1 g/mol. The van der Waals surface area contributed by atoms with Crippen molar-refractivity contribution in [3.05, 3.63) is 0 Å². The first-order valence-corrected chi connectivity index (χ1v) is 1.74. The summed E-state index contributed by atoms with van der Waals surface area (Å²) in [5, 5.41) is 9.06. The SMILES string of the molecule is CCOCO[O]. The van der Waals surface area contributed by atoms with Gasteiger partial charge in [-0.1, -0.05) is 0 Å². The molecule has 0 N–H and O–H groups in total. The lowest BCUT2D eigenvalue weighted by Crippen LogP contribution is -1.92. The molecule has 3 heteroatoms. The molecule has 0 rings (SSSR count). The van der Waals surface area contributed by atoms with Gasteiger partial charge in [-0.3, -0.25) is 0 Å². The second-order valence-corrected chi connectivity index (χ2v) is 0.729. The van der Waals surface area contributed by atoms with Gasteiger partial charge >= 0.3 is 0 Å². The fourth-order valence-corrected chi connectivity index (χ4v) is 0.117. The van der Waals surface area contributed by atoms with Crippen LogP contribution in [0, 0.1) is 0 Å². The van der Waals surface area contributed by atoms with Crippen LogP contribution in [0.1, 0.15) is 6.92 Å². The van der Waals surface area contributed by atoms with Gasteiger partial charge in [-0.15, -0.1) is 0 Å². The highest BCUT2D eigenvalue weighted by Crippen LogP contribution is 1.69. The van der Waals surface area contributed by atoms with E-state index in [1.165, 1.54) is 0 Å². The maximum atomic E-state index is 9.06. The van der Waals surface area contributed by atoms with Crippen LogP contribution in [0.5, 0.6) is 0 Å². The van der Waals surface area contributed by atoms with Crippen molar-refractivity contribution in [1.82, 2.24) is 0 Å². The van der Waals surface area contributed by atoms with Crippen LogP contribution < -0.4 is 0 Å². The van der Waals surface area contributed by atoms with E-state index in [0.29, 0.717) is 6.61 Å². The maximum absolute atomic E-state index is 9.06. The predicted octanol–water partition coefficient (Wildman–Crippen LogP) is 0.343. The molecule has 0 aliphatic carbocycles. The van der Waals surface area contributed by atoms with E-state index in [-0.39, 0.29) is 6.79 Å². The van der Waals surface area contributed by atoms with Gasteiger partial charge in [-0.05, 0) is 12.2 Å². The molecule has 0 saturated carbocycles. The van der Waals surface area contributed by atoms with Crippen molar-refractivity contribution in [2.75, 3.05) is 13.4 Å². The van der Waals surface area contributed by atoms with Crippen LogP contribution in [0.4, 0.5) is 0 Å². The Morgan fingerprint density at radius 3 is 2.50 bits per heavy atom. The summed E-state index contributed by atoms with van der Waals surface area (Å²) in [6.45, 7) is 2.18. The molecule has 0 unspecified atom stereocenters. The minimum absolute atomic E-state index is 0.142. The summed E-state index contributed by atoms with van der Waals surface area (Å²) in [4.78, 5) is 3.31. The fraction of sp³-hybridized carbons (Fsp3) is 1.00. The van der Waals surface area contributed by atoms with Gasteiger partial charge in [-0.2, -0.15) is 4.89 Å². The molecule has 0 saturated heterocycles. The molecule has 0 amide bonds. The highest BCUT2D eigenvalue weighted by Gasteiger charge is 1.75. The van der Waals surface area contributed by atoms with E-state index in [9.17, 15) is 0 Å². The van der Waals surface area contributed by atoms with E-state index in [0.717, 1.165) is 0 Å². The van der Waals surface area contributed by atoms with Crippen molar-refractivity contribution in [1.29, 1.82) is 0 Å². The highest BCUT2D eigenvalue weighted by molar-refractivity contribution is 4.00. The minimum atomic E-state index is -0.142. The molecule has 0 heterocycles. The second-order valence-electron chi connectivity index (χ2n) is 0.729. The number of hydrogen-bond acceptors (Lipinski definition) is 2. The molecule has 37 valence electrons. The van der Waals surface area contributed by atoms with Gasteiger partial charge in [-0.25, -0.2) is 0 Å². The van der Waals surface area contributed by atoms with Crippen molar-refractivity contribution in [2.45, 2.75) is 6.92 Å². The third kappa shape index (κ3) is 3.88. The van der Waals surface area contributed by atoms with Crippen LogP contribution in [0.25, 0.3) is 0 Å². The molecular formula is C3H7O3. The van der Waals surface area contributed by atoms with E-state index in [4.69, 9.17) is 5.26 Å². The topological polar surface area (TPSA) is 38.4 Å². The summed E-state index contributed by atoms with van der Waals surface area (Å²) < 4.78 is 4.45. The van der Waals surface area contributed by atoms with Crippen LogP contribution in [-0.4, -0.2) is 13.4 Å². The van der Waals surface area contributed by atoms with Gasteiger partial charge < -0.3 is 4.74 Å². The second kappa shape index (κ2) is 4.88. The Bertz CT molecular complexity index is 18.0. The Balaban J connectivity index is 2.34. The van der Waals surface area contributed by atoms with Gasteiger partial charge in [0, 0.05) is 6.61 Å². The Labute approximate surface area is 36.4 Å². The molecule has 0 spiro atoms. The molecule has 0 aliphatic rings. The van der Waals surface area contributed by atoms with Crippen LogP contribution in [0.3, 0.4) is 0 Å². The Kier molecular flexibility index (Phi) is 4.78. The number of hydrogen-bond donors (Lipinski definition) is 0. The van der Waals surface area contributed by atoms with Crippen molar-refractivity contribution in [3.63, 3.8) is 0 Å². The summed E-state index contributed by atoms with van der Waals surface area (Å²) in [6, 6.07) is 0. The molecule has 0 aromatic heterocycles. The van der Waals surface area contributed by atoms with Crippen molar-refractivity contribution < 1.29 is 14.9 Å². The number of rotatable bonds is 3. The van der Waals surface area contributed by atoms with E-state index >= 15 is 0 Å². The minimum Gasteiger partial charge on any atom is -0.352 e. The molecule has 0 aromatic carbocycles. The first-order valence-electron chi connectivity index (χ1n) is 1.74. The van der Waals surface area contributed by atoms with Crippen molar-refractivity contribution >= 4 is 0 Å². The van der Waals surface area contributed by atoms with Crippen LogP contribution in [-0.2, 0) is 14.9 Å². The summed E-state index contributed by atoms with van der Waals surface area (Å²) in [5.41, 5.74) is 0. The average Bonchev–Trinajstić information content (AvgIpc) is 1.61.